The molecule has 3 heterocycles. The predicted molar refractivity (Wildman–Crippen MR) is 136 cm³/mol. The van der Waals surface area contributed by atoms with Crippen LogP contribution in [0, 0.1) is 12.3 Å². The van der Waals surface area contributed by atoms with Crippen LogP contribution in [0.5, 0.6) is 0 Å². The standard InChI is InChI=1S/C28H36N4O4/c1-20-7-5-9-22(15-20)26(35)32-23(25(34)30-18-21-8-6-12-29-17-21)19-36-28(32)10-13-31(14-11-28)24(33)16-27(2,3)4/h5-9,12,15,17,23H,10-11,13-14,16,18-19H2,1-4H3,(H,30,34)/t23-/m1/s1. The van der Waals surface area contributed by atoms with Crippen LogP contribution in [0.4, 0.5) is 0 Å². The highest BCUT2D eigenvalue weighted by molar-refractivity contribution is 5.98. The Balaban J connectivity index is 1.54. The molecule has 2 aromatic rings. The minimum absolute atomic E-state index is 0.0965. The topological polar surface area (TPSA) is 91.8 Å². The molecule has 2 aliphatic heterocycles. The largest absolute Gasteiger partial charge is 0.353 e. The van der Waals surface area contributed by atoms with Crippen LogP contribution >= 0.6 is 0 Å². The molecule has 2 aliphatic rings. The van der Waals surface area contributed by atoms with E-state index >= 15 is 0 Å². The molecule has 2 saturated heterocycles. The van der Waals surface area contributed by atoms with Crippen LogP contribution in [0.25, 0.3) is 0 Å². The maximum Gasteiger partial charge on any atom is 0.256 e. The van der Waals surface area contributed by atoms with E-state index in [9.17, 15) is 14.4 Å². The van der Waals surface area contributed by atoms with Gasteiger partial charge in [0.05, 0.1) is 6.61 Å². The van der Waals surface area contributed by atoms with Crippen molar-refractivity contribution in [1.82, 2.24) is 20.1 Å². The van der Waals surface area contributed by atoms with E-state index in [4.69, 9.17) is 4.74 Å². The summed E-state index contributed by atoms with van der Waals surface area (Å²) >= 11 is 0. The summed E-state index contributed by atoms with van der Waals surface area (Å²) < 4.78 is 6.28. The molecule has 36 heavy (non-hydrogen) atoms. The van der Waals surface area contributed by atoms with Gasteiger partial charge in [-0.25, -0.2) is 0 Å². The highest BCUT2D eigenvalue weighted by Crippen LogP contribution is 2.39. The van der Waals surface area contributed by atoms with Gasteiger partial charge in [-0.3, -0.25) is 24.3 Å². The Kier molecular flexibility index (Phi) is 7.45. The molecule has 2 fully saturated rings. The molecule has 1 aromatic heterocycles. The molecule has 0 radical (unpaired) electrons. The molecule has 1 aromatic carbocycles. The Morgan fingerprint density at radius 3 is 2.53 bits per heavy atom. The Labute approximate surface area is 213 Å². The third-order valence-corrected chi connectivity index (χ3v) is 6.82. The molecular weight excluding hydrogens is 456 g/mol. The van der Waals surface area contributed by atoms with Crippen LogP contribution in [-0.4, -0.2) is 64.0 Å². The van der Waals surface area contributed by atoms with E-state index in [0.29, 0.717) is 44.5 Å². The number of hydrogen-bond acceptors (Lipinski definition) is 5. The second kappa shape index (κ2) is 10.4. The van der Waals surface area contributed by atoms with Gasteiger partial charge in [0.1, 0.15) is 11.8 Å². The number of hydrogen-bond donors (Lipinski definition) is 1. The fraction of sp³-hybridized carbons (Fsp3) is 0.500. The second-order valence-electron chi connectivity index (χ2n) is 11.0. The van der Waals surface area contributed by atoms with Gasteiger partial charge in [0.15, 0.2) is 0 Å². The summed E-state index contributed by atoms with van der Waals surface area (Å²) in [6, 6.07) is 10.3. The van der Waals surface area contributed by atoms with Crippen molar-refractivity contribution < 1.29 is 19.1 Å². The van der Waals surface area contributed by atoms with Gasteiger partial charge in [-0.05, 0) is 36.1 Å². The van der Waals surface area contributed by atoms with Crippen molar-refractivity contribution in [3.63, 3.8) is 0 Å². The zero-order valence-corrected chi connectivity index (χ0v) is 21.6. The first-order valence-corrected chi connectivity index (χ1v) is 12.6. The summed E-state index contributed by atoms with van der Waals surface area (Å²) in [5, 5.41) is 2.95. The number of ether oxygens (including phenoxy) is 1. The lowest BCUT2D eigenvalue weighted by Crippen LogP contribution is -2.59. The number of carbonyl (C=O) groups is 3. The third kappa shape index (κ3) is 5.75. The van der Waals surface area contributed by atoms with E-state index in [1.807, 2.05) is 62.9 Å². The van der Waals surface area contributed by atoms with E-state index in [0.717, 1.165) is 11.1 Å². The van der Waals surface area contributed by atoms with E-state index in [1.165, 1.54) is 0 Å². The zero-order valence-electron chi connectivity index (χ0n) is 21.6. The summed E-state index contributed by atoms with van der Waals surface area (Å²) in [5.41, 5.74) is 1.35. The van der Waals surface area contributed by atoms with E-state index in [-0.39, 0.29) is 29.7 Å². The number of benzene rings is 1. The molecular formula is C28H36N4O4. The summed E-state index contributed by atoms with van der Waals surface area (Å²) in [4.78, 5) is 47.5. The minimum atomic E-state index is -0.921. The summed E-state index contributed by atoms with van der Waals surface area (Å²) in [6.45, 7) is 9.48. The highest BCUT2D eigenvalue weighted by Gasteiger charge is 2.54. The number of nitrogens with zero attached hydrogens (tertiary/aromatic N) is 3. The number of aryl methyl sites for hydroxylation is 1. The van der Waals surface area contributed by atoms with Gasteiger partial charge in [0.25, 0.3) is 5.91 Å². The van der Waals surface area contributed by atoms with E-state index in [1.54, 1.807) is 23.4 Å². The fourth-order valence-electron chi connectivity index (χ4n) is 4.96. The molecule has 0 saturated carbocycles. The average Bonchev–Trinajstić information content (AvgIpc) is 3.20. The van der Waals surface area contributed by atoms with Crippen molar-refractivity contribution in [1.29, 1.82) is 0 Å². The number of aromatic nitrogens is 1. The summed E-state index contributed by atoms with van der Waals surface area (Å²) in [5.74, 6) is -0.382. The molecule has 8 heteroatoms. The van der Waals surface area contributed by atoms with Crippen LogP contribution < -0.4 is 5.32 Å². The van der Waals surface area contributed by atoms with Crippen LogP contribution in [0.2, 0.25) is 0 Å². The number of piperidine rings is 1. The average molecular weight is 493 g/mol. The number of pyridine rings is 1. The lowest BCUT2D eigenvalue weighted by Gasteiger charge is -2.45. The quantitative estimate of drug-likeness (QED) is 0.692. The Morgan fingerprint density at radius 1 is 1.14 bits per heavy atom. The van der Waals surface area contributed by atoms with Gasteiger partial charge in [-0.1, -0.05) is 44.5 Å². The van der Waals surface area contributed by atoms with E-state index < -0.39 is 11.8 Å². The third-order valence-electron chi connectivity index (χ3n) is 6.82. The molecule has 0 aliphatic carbocycles. The van der Waals surface area contributed by atoms with Crippen LogP contribution in [0.1, 0.15) is 61.5 Å². The number of rotatable bonds is 5. The minimum Gasteiger partial charge on any atom is -0.353 e. The first-order valence-electron chi connectivity index (χ1n) is 12.6. The normalized spacial score (nSPS) is 19.4. The van der Waals surface area contributed by atoms with Crippen molar-refractivity contribution in [2.24, 2.45) is 5.41 Å². The Morgan fingerprint density at radius 2 is 1.89 bits per heavy atom. The molecule has 1 atom stereocenters. The van der Waals surface area contributed by atoms with Crippen molar-refractivity contribution >= 4 is 17.7 Å². The number of amides is 3. The van der Waals surface area contributed by atoms with E-state index in [2.05, 4.69) is 10.3 Å². The maximum atomic E-state index is 13.8. The Bertz CT molecular complexity index is 1100. The van der Waals surface area contributed by atoms with Crippen LogP contribution in [-0.2, 0) is 20.9 Å². The molecule has 3 amide bonds. The maximum absolute atomic E-state index is 13.8. The molecule has 192 valence electrons. The van der Waals surface area contributed by atoms with Gasteiger partial charge in [-0.15, -0.1) is 0 Å². The summed E-state index contributed by atoms with van der Waals surface area (Å²) in [6.07, 6.45) is 4.78. The van der Waals surface area contributed by atoms with Gasteiger partial charge < -0.3 is 15.0 Å². The second-order valence-corrected chi connectivity index (χ2v) is 11.0. The molecule has 0 unspecified atom stereocenters. The molecule has 1 N–H and O–H groups in total. The van der Waals surface area contributed by atoms with Crippen molar-refractivity contribution in [3.8, 4) is 0 Å². The lowest BCUT2D eigenvalue weighted by atomic mass is 9.90. The molecule has 8 nitrogen and oxygen atoms in total. The lowest BCUT2D eigenvalue weighted by molar-refractivity contribution is -0.145. The van der Waals surface area contributed by atoms with Crippen LogP contribution in [0.3, 0.4) is 0 Å². The number of likely N-dealkylation sites (tertiary alicyclic amines) is 1. The fourth-order valence-corrected chi connectivity index (χ4v) is 4.96. The molecule has 1 spiro atoms. The monoisotopic (exact) mass is 492 g/mol. The zero-order chi connectivity index (χ0) is 25.9. The van der Waals surface area contributed by atoms with Gasteiger partial charge in [0.2, 0.25) is 11.8 Å². The van der Waals surface area contributed by atoms with Crippen molar-refractivity contribution in [2.45, 2.75) is 65.3 Å². The van der Waals surface area contributed by atoms with Gasteiger partial charge >= 0.3 is 0 Å². The Hall–Kier alpha value is -3.26. The number of nitrogens with one attached hydrogen (secondary N) is 1. The van der Waals surface area contributed by atoms with Gasteiger partial charge in [-0.2, -0.15) is 0 Å². The molecule has 0 bridgehead atoms. The first kappa shape index (κ1) is 25.8. The molecule has 4 rings (SSSR count). The predicted octanol–water partition coefficient (Wildman–Crippen LogP) is 3.30. The highest BCUT2D eigenvalue weighted by atomic mass is 16.5. The van der Waals surface area contributed by atoms with Crippen molar-refractivity contribution in [2.75, 3.05) is 19.7 Å². The SMILES string of the molecule is Cc1cccc(C(=O)N2[C@@H](C(=O)NCc3cccnc3)COC23CCN(C(=O)CC(C)(C)C)CC3)c1. The smallest absolute Gasteiger partial charge is 0.256 e. The van der Waals surface area contributed by atoms with Crippen molar-refractivity contribution in [3.05, 3.63) is 65.5 Å². The first-order chi connectivity index (χ1) is 17.1. The van der Waals surface area contributed by atoms with Gasteiger partial charge in [0, 0.05) is 56.9 Å². The summed E-state index contributed by atoms with van der Waals surface area (Å²) in [7, 11) is 0. The van der Waals surface area contributed by atoms with Crippen LogP contribution in [0.15, 0.2) is 48.8 Å². The number of carbonyl (C=O) groups excluding carboxylic acids is 3.